The first-order valence-corrected chi connectivity index (χ1v) is 10.9. The van der Waals surface area contributed by atoms with Crippen molar-refractivity contribution in [2.24, 2.45) is 10.7 Å². The topological polar surface area (TPSA) is 104 Å². The average Bonchev–Trinajstić information content (AvgIpc) is 2.80. The number of aliphatic imine (C=N–C) groups is 1. The number of likely N-dealkylation sites (N-methyl/N-ethyl adjacent to an activating group) is 1. The Labute approximate surface area is 180 Å². The molecule has 1 aromatic heterocycles. The standard InChI is InChI=1S/C9H13N.C8H10N2.C6H13N3O/c1-2-6-9-8(4-1)5-3-7-10-9;1-2-7-6-9-5-3-8(7)10-4-1;1-8-4-2-3-5-9-6(7)10/h5H,1-4,6-7H2;1-2,4,9H,3,5-6H2;2-3,8H,4-5H2,1H3,(H3,7,9,10)/b;;3-2+. The molecule has 7 nitrogen and oxygen atoms in total. The fourth-order valence-electron chi connectivity index (χ4n) is 3.48. The highest BCUT2D eigenvalue weighted by atomic mass is 16.2. The van der Waals surface area contributed by atoms with Crippen LogP contribution in [0.2, 0.25) is 0 Å². The Morgan fingerprint density at radius 3 is 2.83 bits per heavy atom. The molecule has 1 fully saturated rings. The highest BCUT2D eigenvalue weighted by molar-refractivity contribution is 6.01. The van der Waals surface area contributed by atoms with Gasteiger partial charge in [-0.2, -0.15) is 0 Å². The van der Waals surface area contributed by atoms with Gasteiger partial charge in [-0.15, -0.1) is 0 Å². The zero-order chi connectivity index (χ0) is 21.4. The van der Waals surface area contributed by atoms with E-state index in [1.807, 2.05) is 31.5 Å². The number of amides is 2. The van der Waals surface area contributed by atoms with E-state index in [1.165, 1.54) is 49.1 Å². The van der Waals surface area contributed by atoms with E-state index < -0.39 is 6.03 Å². The minimum absolute atomic E-state index is 0.492. The molecule has 0 spiro atoms. The molecule has 30 heavy (non-hydrogen) atoms. The lowest BCUT2D eigenvalue weighted by molar-refractivity contribution is 0.250. The van der Waals surface area contributed by atoms with Crippen LogP contribution in [0.25, 0.3) is 0 Å². The smallest absolute Gasteiger partial charge is 0.312 e. The quantitative estimate of drug-likeness (QED) is 0.570. The molecule has 3 heterocycles. The molecule has 1 saturated carbocycles. The zero-order valence-electron chi connectivity index (χ0n) is 18.1. The number of primary amides is 1. The summed E-state index contributed by atoms with van der Waals surface area (Å²) in [5.41, 5.74) is 10.4. The van der Waals surface area contributed by atoms with Crippen molar-refractivity contribution < 1.29 is 4.79 Å². The van der Waals surface area contributed by atoms with Crippen LogP contribution in [-0.2, 0) is 13.0 Å². The lowest BCUT2D eigenvalue weighted by Crippen LogP contribution is -2.29. The number of carbonyl (C=O) groups is 1. The third kappa shape index (κ3) is 9.33. The van der Waals surface area contributed by atoms with E-state index >= 15 is 0 Å². The van der Waals surface area contributed by atoms with Crippen LogP contribution < -0.4 is 21.7 Å². The molecule has 164 valence electrons. The maximum atomic E-state index is 10.1. The van der Waals surface area contributed by atoms with Gasteiger partial charge in [-0.25, -0.2) is 4.79 Å². The number of nitrogens with one attached hydrogen (secondary N) is 3. The van der Waals surface area contributed by atoms with Crippen LogP contribution >= 0.6 is 0 Å². The van der Waals surface area contributed by atoms with Gasteiger partial charge < -0.3 is 21.7 Å². The van der Waals surface area contributed by atoms with Gasteiger partial charge >= 0.3 is 6.03 Å². The number of allylic oxidation sites excluding steroid dienone is 1. The average molecular weight is 413 g/mol. The molecule has 4 rings (SSSR count). The lowest BCUT2D eigenvalue weighted by atomic mass is 9.91. The zero-order valence-corrected chi connectivity index (χ0v) is 18.1. The Kier molecular flexibility index (Phi) is 11.5. The number of pyridine rings is 1. The van der Waals surface area contributed by atoms with Gasteiger partial charge in [0.05, 0.1) is 0 Å². The third-order valence-corrected chi connectivity index (χ3v) is 5.02. The highest BCUT2D eigenvalue weighted by Gasteiger charge is 2.14. The van der Waals surface area contributed by atoms with Gasteiger partial charge in [0.1, 0.15) is 0 Å². The van der Waals surface area contributed by atoms with Crippen molar-refractivity contribution in [1.29, 1.82) is 0 Å². The number of carbonyl (C=O) groups excluding carboxylic acids is 1. The summed E-state index contributed by atoms with van der Waals surface area (Å²) in [7, 11) is 1.85. The van der Waals surface area contributed by atoms with Gasteiger partial charge in [-0.1, -0.05) is 24.3 Å². The van der Waals surface area contributed by atoms with Crippen LogP contribution in [0.1, 0.15) is 43.4 Å². The molecule has 7 heteroatoms. The molecule has 0 unspecified atom stereocenters. The van der Waals surface area contributed by atoms with Crippen LogP contribution in [0, 0.1) is 0 Å². The molecule has 1 aliphatic carbocycles. The summed E-state index contributed by atoms with van der Waals surface area (Å²) in [5.74, 6) is 0. The number of rotatable bonds is 4. The predicted octanol–water partition coefficient (Wildman–Crippen LogP) is 2.49. The van der Waals surface area contributed by atoms with Crippen LogP contribution in [0.4, 0.5) is 4.79 Å². The van der Waals surface area contributed by atoms with E-state index in [0.717, 1.165) is 32.6 Å². The molecule has 5 N–H and O–H groups in total. The number of aromatic nitrogens is 1. The Hall–Kier alpha value is -2.51. The van der Waals surface area contributed by atoms with E-state index in [-0.39, 0.29) is 0 Å². The largest absolute Gasteiger partial charge is 0.352 e. The van der Waals surface area contributed by atoms with E-state index in [0.29, 0.717) is 6.54 Å². The van der Waals surface area contributed by atoms with Gasteiger partial charge in [0.2, 0.25) is 0 Å². The maximum Gasteiger partial charge on any atom is 0.312 e. The Bertz CT molecular complexity index is 694. The summed E-state index contributed by atoms with van der Waals surface area (Å²) in [6.07, 6.45) is 15.5. The fourth-order valence-corrected chi connectivity index (χ4v) is 3.48. The predicted molar refractivity (Wildman–Crippen MR) is 124 cm³/mol. The normalized spacial score (nSPS) is 17.1. The Balaban J connectivity index is 0.000000160. The lowest BCUT2D eigenvalue weighted by Gasteiger charge is -2.19. The van der Waals surface area contributed by atoms with Crippen LogP contribution in [0.3, 0.4) is 0 Å². The number of hydrogen-bond acceptors (Lipinski definition) is 5. The second kappa shape index (κ2) is 14.5. The minimum Gasteiger partial charge on any atom is -0.352 e. The third-order valence-electron chi connectivity index (χ3n) is 5.02. The van der Waals surface area contributed by atoms with E-state index in [2.05, 4.69) is 38.1 Å². The van der Waals surface area contributed by atoms with Crippen molar-refractivity contribution in [2.45, 2.75) is 45.1 Å². The monoisotopic (exact) mass is 412 g/mol. The van der Waals surface area contributed by atoms with E-state index in [4.69, 9.17) is 5.73 Å². The van der Waals surface area contributed by atoms with Crippen molar-refractivity contribution in [3.63, 3.8) is 0 Å². The van der Waals surface area contributed by atoms with E-state index in [9.17, 15) is 4.79 Å². The number of urea groups is 1. The molecule has 0 bridgehead atoms. The molecule has 0 saturated heterocycles. The van der Waals surface area contributed by atoms with Crippen molar-refractivity contribution in [2.75, 3.05) is 33.2 Å². The van der Waals surface area contributed by atoms with Crippen LogP contribution in [0.5, 0.6) is 0 Å². The number of fused-ring (bicyclic) bond motifs is 2. The highest BCUT2D eigenvalue weighted by Crippen LogP contribution is 2.23. The Morgan fingerprint density at radius 2 is 2.07 bits per heavy atom. The number of nitrogens with zero attached hydrogens (tertiary/aromatic N) is 2. The van der Waals surface area contributed by atoms with Gasteiger partial charge in [-0.3, -0.25) is 9.98 Å². The summed E-state index contributed by atoms with van der Waals surface area (Å²) in [6.45, 7) is 4.41. The number of dihydropyridines is 1. The first-order chi connectivity index (χ1) is 14.7. The van der Waals surface area contributed by atoms with E-state index in [1.54, 1.807) is 5.57 Å². The maximum absolute atomic E-state index is 10.1. The Morgan fingerprint density at radius 1 is 1.23 bits per heavy atom. The summed E-state index contributed by atoms with van der Waals surface area (Å²) in [4.78, 5) is 18.9. The van der Waals surface area contributed by atoms with Crippen molar-refractivity contribution in [3.05, 3.63) is 53.4 Å². The summed E-state index contributed by atoms with van der Waals surface area (Å²) >= 11 is 0. The fraction of sp³-hybridized carbons (Fsp3) is 0.522. The summed E-state index contributed by atoms with van der Waals surface area (Å²) in [6, 6.07) is 3.63. The molecule has 1 aromatic rings. The van der Waals surface area contributed by atoms with Gasteiger partial charge in [0.15, 0.2) is 0 Å². The number of hydrogen-bond donors (Lipinski definition) is 4. The first-order valence-electron chi connectivity index (χ1n) is 10.9. The van der Waals surface area contributed by atoms with Crippen LogP contribution in [-0.4, -0.2) is 50.0 Å². The summed E-state index contributed by atoms with van der Waals surface area (Å²) in [5, 5.41) is 8.65. The van der Waals surface area contributed by atoms with Gasteiger partial charge in [0, 0.05) is 56.7 Å². The first kappa shape index (κ1) is 23.8. The summed E-state index contributed by atoms with van der Waals surface area (Å²) < 4.78 is 0. The van der Waals surface area contributed by atoms with Crippen molar-refractivity contribution in [1.82, 2.24) is 20.9 Å². The minimum atomic E-state index is -0.492. The van der Waals surface area contributed by atoms with Crippen LogP contribution in [0.15, 0.2) is 47.1 Å². The van der Waals surface area contributed by atoms with Crippen molar-refractivity contribution >= 4 is 11.7 Å². The van der Waals surface area contributed by atoms with Crippen molar-refractivity contribution in [3.8, 4) is 0 Å². The SMILES string of the molecule is C1=C2CCCCC2=NCC1.CNC/C=C/CNC(N)=O.c1cnc2c(c1)CNCC2. The number of nitrogens with two attached hydrogens (primary N) is 1. The second-order valence-corrected chi connectivity index (χ2v) is 7.36. The molecular weight excluding hydrogens is 376 g/mol. The molecular formula is C23H36N6O. The molecule has 0 atom stereocenters. The van der Waals surface area contributed by atoms with Gasteiger partial charge in [-0.05, 0) is 56.4 Å². The molecule has 0 aromatic carbocycles. The molecule has 2 amide bonds. The van der Waals surface area contributed by atoms with Gasteiger partial charge in [0.25, 0.3) is 0 Å². The second-order valence-electron chi connectivity index (χ2n) is 7.36. The molecule has 0 radical (unpaired) electrons. The molecule has 2 aliphatic heterocycles. The molecule has 3 aliphatic rings.